The molecule has 1 atom stereocenters. The third kappa shape index (κ3) is 2.02. The Kier molecular flexibility index (Phi) is 2.73. The topological polar surface area (TPSA) is 85.7 Å². The van der Waals surface area contributed by atoms with Crippen molar-refractivity contribution < 1.29 is 4.74 Å². The molecule has 5 heteroatoms. The number of rotatable bonds is 1. The number of para-hydroxylation sites is 1. The maximum Gasteiger partial charge on any atom is 0.203 e. The third-order valence-electron chi connectivity index (χ3n) is 2.37. The van der Waals surface area contributed by atoms with Crippen LogP contribution in [0, 0.1) is 0 Å². The molecular weight excluding hydrogens is 192 g/mol. The average molecular weight is 206 g/mol. The molecule has 1 heterocycles. The van der Waals surface area contributed by atoms with Crippen LogP contribution < -0.4 is 21.7 Å². The first kappa shape index (κ1) is 9.79. The van der Waals surface area contributed by atoms with Crippen molar-refractivity contribution in [2.75, 3.05) is 6.61 Å². The van der Waals surface area contributed by atoms with Gasteiger partial charge in [-0.05, 0) is 6.07 Å². The minimum Gasteiger partial charge on any atom is -0.493 e. The molecule has 0 fully saturated rings. The molecule has 1 aromatic rings. The number of ether oxygens (including phenoxy) is 1. The Morgan fingerprint density at radius 1 is 1.47 bits per heavy atom. The highest BCUT2D eigenvalue weighted by atomic mass is 16.5. The van der Waals surface area contributed by atoms with E-state index in [1.54, 1.807) is 0 Å². The maximum absolute atomic E-state index is 5.53. The maximum atomic E-state index is 5.53. The fraction of sp³-hybridized carbons (Fsp3) is 0.300. The second-order valence-corrected chi connectivity index (χ2v) is 3.35. The van der Waals surface area contributed by atoms with Crippen LogP contribution in [0.4, 0.5) is 0 Å². The molecule has 1 unspecified atom stereocenters. The van der Waals surface area contributed by atoms with Gasteiger partial charge in [0, 0.05) is 12.0 Å². The predicted molar refractivity (Wildman–Crippen MR) is 58.2 cm³/mol. The first-order chi connectivity index (χ1) is 7.31. The van der Waals surface area contributed by atoms with Crippen molar-refractivity contribution in [2.24, 2.45) is 16.6 Å². The molecule has 1 aromatic carbocycles. The van der Waals surface area contributed by atoms with Gasteiger partial charge in [-0.2, -0.15) is 0 Å². The summed E-state index contributed by atoms with van der Waals surface area (Å²) in [5.74, 6) is 6.30. The Morgan fingerprint density at radius 2 is 2.27 bits per heavy atom. The number of hydrazine groups is 1. The molecule has 80 valence electrons. The molecule has 1 aliphatic rings. The molecular formula is C10H14N4O. The number of nitrogens with one attached hydrogen (secondary N) is 1. The van der Waals surface area contributed by atoms with E-state index >= 15 is 0 Å². The van der Waals surface area contributed by atoms with Crippen LogP contribution in [-0.4, -0.2) is 12.6 Å². The first-order valence-corrected chi connectivity index (χ1v) is 4.83. The van der Waals surface area contributed by atoms with Crippen LogP contribution in [0.25, 0.3) is 0 Å². The van der Waals surface area contributed by atoms with Crippen molar-refractivity contribution in [2.45, 2.75) is 12.5 Å². The van der Waals surface area contributed by atoms with Crippen LogP contribution in [0.15, 0.2) is 29.3 Å². The van der Waals surface area contributed by atoms with Crippen LogP contribution in [0.1, 0.15) is 18.0 Å². The standard InChI is InChI=1S/C10H14N4O/c11-10(14-12)13-8-5-6-15-9-4-2-1-3-7(8)9/h1-4,8H,5-6,12H2,(H3,11,13,14). The van der Waals surface area contributed by atoms with E-state index in [0.29, 0.717) is 6.61 Å². The van der Waals surface area contributed by atoms with Crippen LogP contribution in [0.2, 0.25) is 0 Å². The number of fused-ring (bicyclic) bond motifs is 1. The summed E-state index contributed by atoms with van der Waals surface area (Å²) in [5, 5.41) is 0. The Labute approximate surface area is 88.1 Å². The van der Waals surface area contributed by atoms with Crippen molar-refractivity contribution in [1.82, 2.24) is 5.43 Å². The monoisotopic (exact) mass is 206 g/mol. The van der Waals surface area contributed by atoms with E-state index in [2.05, 4.69) is 10.4 Å². The van der Waals surface area contributed by atoms with Gasteiger partial charge < -0.3 is 10.5 Å². The normalized spacial score (nSPS) is 20.3. The van der Waals surface area contributed by atoms with Crippen LogP contribution in [0.3, 0.4) is 0 Å². The zero-order valence-electron chi connectivity index (χ0n) is 8.31. The number of guanidine groups is 1. The average Bonchev–Trinajstić information content (AvgIpc) is 2.29. The fourth-order valence-electron chi connectivity index (χ4n) is 1.66. The molecule has 0 radical (unpaired) electrons. The second-order valence-electron chi connectivity index (χ2n) is 3.35. The van der Waals surface area contributed by atoms with E-state index in [1.165, 1.54) is 0 Å². The van der Waals surface area contributed by atoms with E-state index in [4.69, 9.17) is 16.3 Å². The molecule has 0 amide bonds. The zero-order chi connectivity index (χ0) is 10.7. The summed E-state index contributed by atoms with van der Waals surface area (Å²) in [5.41, 5.74) is 8.92. The molecule has 5 nitrogen and oxygen atoms in total. The lowest BCUT2D eigenvalue weighted by atomic mass is 10.0. The lowest BCUT2D eigenvalue weighted by Gasteiger charge is -2.23. The number of nitrogens with two attached hydrogens (primary N) is 2. The van der Waals surface area contributed by atoms with E-state index in [-0.39, 0.29) is 12.0 Å². The number of hydrogen-bond donors (Lipinski definition) is 3. The highest BCUT2D eigenvalue weighted by molar-refractivity contribution is 5.77. The van der Waals surface area contributed by atoms with E-state index < -0.39 is 0 Å². The van der Waals surface area contributed by atoms with E-state index in [9.17, 15) is 0 Å². The van der Waals surface area contributed by atoms with Crippen LogP contribution in [0.5, 0.6) is 5.75 Å². The van der Waals surface area contributed by atoms with Gasteiger partial charge in [0.2, 0.25) is 5.96 Å². The molecule has 15 heavy (non-hydrogen) atoms. The molecule has 1 aliphatic heterocycles. The zero-order valence-corrected chi connectivity index (χ0v) is 8.31. The van der Waals surface area contributed by atoms with Crippen LogP contribution in [-0.2, 0) is 0 Å². The molecule has 0 saturated carbocycles. The molecule has 0 spiro atoms. The highest BCUT2D eigenvalue weighted by Gasteiger charge is 2.20. The van der Waals surface area contributed by atoms with E-state index in [0.717, 1.165) is 17.7 Å². The van der Waals surface area contributed by atoms with E-state index in [1.807, 2.05) is 24.3 Å². The molecule has 0 aromatic heterocycles. The lowest BCUT2D eigenvalue weighted by Crippen LogP contribution is -2.37. The van der Waals surface area contributed by atoms with Gasteiger partial charge in [0.1, 0.15) is 5.75 Å². The van der Waals surface area contributed by atoms with Crippen LogP contribution >= 0.6 is 0 Å². The van der Waals surface area contributed by atoms with Gasteiger partial charge in [0.25, 0.3) is 0 Å². The van der Waals surface area contributed by atoms with Crippen molar-refractivity contribution in [3.63, 3.8) is 0 Å². The SMILES string of the molecule is NNC(N)=NC1CCOc2ccccc21. The quantitative estimate of drug-likeness (QED) is 0.267. The van der Waals surface area contributed by atoms with Gasteiger partial charge in [-0.3, -0.25) is 5.43 Å². The summed E-state index contributed by atoms with van der Waals surface area (Å²) in [4.78, 5) is 4.27. The number of nitrogens with zero attached hydrogens (tertiary/aromatic N) is 1. The predicted octanol–water partition coefficient (Wildman–Crippen LogP) is 0.288. The molecule has 0 aliphatic carbocycles. The Hall–Kier alpha value is -1.75. The molecule has 2 rings (SSSR count). The summed E-state index contributed by atoms with van der Waals surface area (Å²) in [7, 11) is 0. The van der Waals surface area contributed by atoms with Crippen molar-refractivity contribution >= 4 is 5.96 Å². The Bertz CT molecular complexity index is 377. The molecule has 5 N–H and O–H groups in total. The number of aliphatic imine (C=N–C) groups is 1. The van der Waals surface area contributed by atoms with Gasteiger partial charge in [-0.25, -0.2) is 10.8 Å². The van der Waals surface area contributed by atoms with Crippen molar-refractivity contribution in [3.8, 4) is 5.75 Å². The van der Waals surface area contributed by atoms with Gasteiger partial charge in [0.15, 0.2) is 0 Å². The summed E-state index contributed by atoms with van der Waals surface area (Å²) < 4.78 is 5.51. The van der Waals surface area contributed by atoms with Gasteiger partial charge in [0.05, 0.1) is 12.6 Å². The number of benzene rings is 1. The highest BCUT2D eigenvalue weighted by Crippen LogP contribution is 2.33. The lowest BCUT2D eigenvalue weighted by molar-refractivity contribution is 0.269. The van der Waals surface area contributed by atoms with Gasteiger partial charge in [-0.15, -0.1) is 0 Å². The van der Waals surface area contributed by atoms with Gasteiger partial charge in [-0.1, -0.05) is 18.2 Å². The minimum absolute atomic E-state index is 0.0333. The third-order valence-corrected chi connectivity index (χ3v) is 2.37. The molecule has 0 saturated heterocycles. The smallest absolute Gasteiger partial charge is 0.203 e. The second kappa shape index (κ2) is 4.18. The summed E-state index contributed by atoms with van der Waals surface area (Å²) in [6, 6.07) is 7.86. The largest absolute Gasteiger partial charge is 0.493 e. The van der Waals surface area contributed by atoms with Gasteiger partial charge >= 0.3 is 0 Å². The first-order valence-electron chi connectivity index (χ1n) is 4.83. The summed E-state index contributed by atoms with van der Waals surface area (Å²) >= 11 is 0. The fourth-order valence-corrected chi connectivity index (χ4v) is 1.66. The number of hydrogen-bond acceptors (Lipinski definition) is 3. The molecule has 0 bridgehead atoms. The Balaban J connectivity index is 2.30. The van der Waals surface area contributed by atoms with Crippen molar-refractivity contribution in [1.29, 1.82) is 0 Å². The summed E-state index contributed by atoms with van der Waals surface area (Å²) in [6.45, 7) is 0.656. The summed E-state index contributed by atoms with van der Waals surface area (Å²) in [6.07, 6.45) is 0.819. The Morgan fingerprint density at radius 3 is 3.07 bits per heavy atom. The van der Waals surface area contributed by atoms with Crippen molar-refractivity contribution in [3.05, 3.63) is 29.8 Å². The minimum atomic E-state index is 0.0333.